The summed E-state index contributed by atoms with van der Waals surface area (Å²) < 4.78 is 10.9. The number of rotatable bonds is 5. The lowest BCUT2D eigenvalue weighted by molar-refractivity contribution is -0.384. The highest BCUT2D eigenvalue weighted by molar-refractivity contribution is 6.32. The molecular formula is C12H14ClNO4. The first-order chi connectivity index (χ1) is 8.66. The molecule has 1 aromatic rings. The normalized spacial score (nSPS) is 15.8. The molecule has 2 rings (SSSR count). The zero-order chi connectivity index (χ0) is 13.0. The summed E-state index contributed by atoms with van der Waals surface area (Å²) in [6, 6.07) is 4.27. The van der Waals surface area contributed by atoms with Crippen molar-refractivity contribution in [3.63, 3.8) is 0 Å². The molecule has 5 nitrogen and oxygen atoms in total. The second kappa shape index (κ2) is 6.02. The summed E-state index contributed by atoms with van der Waals surface area (Å²) in [4.78, 5) is 10.1. The van der Waals surface area contributed by atoms with Crippen molar-refractivity contribution in [1.29, 1.82) is 0 Å². The van der Waals surface area contributed by atoms with Gasteiger partial charge in [-0.2, -0.15) is 0 Å². The maximum Gasteiger partial charge on any atom is 0.288 e. The average Bonchev–Trinajstić information content (AvgIpc) is 2.81. The van der Waals surface area contributed by atoms with Gasteiger partial charge in [0.25, 0.3) is 5.69 Å². The summed E-state index contributed by atoms with van der Waals surface area (Å²) in [6.45, 7) is 0.152. The Balaban J connectivity index is 1.85. The lowest BCUT2D eigenvalue weighted by atomic mass is 10.3. The van der Waals surface area contributed by atoms with Crippen molar-refractivity contribution in [2.45, 2.75) is 31.8 Å². The number of ether oxygens (including phenoxy) is 2. The van der Waals surface area contributed by atoms with Crippen molar-refractivity contribution < 1.29 is 14.4 Å². The van der Waals surface area contributed by atoms with Crippen LogP contribution in [0, 0.1) is 10.1 Å². The van der Waals surface area contributed by atoms with Crippen LogP contribution in [0.4, 0.5) is 5.69 Å². The second-order valence-corrected chi connectivity index (χ2v) is 4.61. The van der Waals surface area contributed by atoms with Gasteiger partial charge in [-0.15, -0.1) is 0 Å². The SMILES string of the molecule is O=[N+]([O-])c1ccc(OCOC2CCCC2)cc1Cl. The third-order valence-electron chi connectivity index (χ3n) is 2.95. The number of nitro groups is 1. The summed E-state index contributed by atoms with van der Waals surface area (Å²) in [5, 5.41) is 10.6. The van der Waals surface area contributed by atoms with Crippen LogP contribution in [0.15, 0.2) is 18.2 Å². The number of nitro benzene ring substituents is 1. The largest absolute Gasteiger partial charge is 0.467 e. The molecule has 0 atom stereocenters. The van der Waals surface area contributed by atoms with Crippen molar-refractivity contribution in [3.8, 4) is 5.75 Å². The minimum Gasteiger partial charge on any atom is -0.467 e. The molecule has 98 valence electrons. The summed E-state index contributed by atoms with van der Waals surface area (Å²) in [7, 11) is 0. The number of benzene rings is 1. The van der Waals surface area contributed by atoms with Crippen LogP contribution in [-0.2, 0) is 4.74 Å². The van der Waals surface area contributed by atoms with E-state index in [9.17, 15) is 10.1 Å². The van der Waals surface area contributed by atoms with Crippen molar-refractivity contribution in [3.05, 3.63) is 33.3 Å². The van der Waals surface area contributed by atoms with Gasteiger partial charge in [-0.25, -0.2) is 0 Å². The summed E-state index contributed by atoms with van der Waals surface area (Å²) >= 11 is 5.77. The predicted octanol–water partition coefficient (Wildman–Crippen LogP) is 3.54. The van der Waals surface area contributed by atoms with Crippen LogP contribution in [0.3, 0.4) is 0 Å². The van der Waals surface area contributed by atoms with Crippen LogP contribution in [0.2, 0.25) is 5.02 Å². The molecule has 0 amide bonds. The highest BCUT2D eigenvalue weighted by Crippen LogP contribution is 2.28. The average molecular weight is 272 g/mol. The van der Waals surface area contributed by atoms with Crippen LogP contribution in [0.25, 0.3) is 0 Å². The molecule has 1 aliphatic rings. The molecule has 1 saturated carbocycles. The Hall–Kier alpha value is -1.33. The van der Waals surface area contributed by atoms with Crippen molar-refractivity contribution in [2.24, 2.45) is 0 Å². The highest BCUT2D eigenvalue weighted by atomic mass is 35.5. The first kappa shape index (κ1) is 13.1. The Morgan fingerprint density at radius 2 is 2.11 bits per heavy atom. The number of nitrogens with zero attached hydrogens (tertiary/aromatic N) is 1. The minimum absolute atomic E-state index is 0.0679. The standard InChI is InChI=1S/C12H14ClNO4/c13-11-7-10(5-6-12(11)14(15)16)18-8-17-9-3-1-2-4-9/h5-7,9H,1-4,8H2. The molecule has 0 heterocycles. The third kappa shape index (κ3) is 3.34. The zero-order valence-electron chi connectivity index (χ0n) is 9.80. The smallest absolute Gasteiger partial charge is 0.288 e. The van der Waals surface area contributed by atoms with E-state index < -0.39 is 4.92 Å². The van der Waals surface area contributed by atoms with Gasteiger partial charge in [-0.1, -0.05) is 24.4 Å². The Morgan fingerprint density at radius 3 is 2.72 bits per heavy atom. The minimum atomic E-state index is -0.527. The van der Waals surface area contributed by atoms with E-state index in [0.29, 0.717) is 5.75 Å². The molecule has 1 aliphatic carbocycles. The van der Waals surface area contributed by atoms with E-state index in [2.05, 4.69) is 0 Å². The molecule has 0 spiro atoms. The fourth-order valence-electron chi connectivity index (χ4n) is 1.98. The predicted molar refractivity (Wildman–Crippen MR) is 66.9 cm³/mol. The Morgan fingerprint density at radius 1 is 1.39 bits per heavy atom. The van der Waals surface area contributed by atoms with E-state index >= 15 is 0 Å². The Labute approximate surface area is 110 Å². The topological polar surface area (TPSA) is 61.6 Å². The van der Waals surface area contributed by atoms with E-state index in [1.165, 1.54) is 31.0 Å². The van der Waals surface area contributed by atoms with E-state index in [-0.39, 0.29) is 23.6 Å². The van der Waals surface area contributed by atoms with Gasteiger partial charge >= 0.3 is 0 Å². The highest BCUT2D eigenvalue weighted by Gasteiger charge is 2.16. The van der Waals surface area contributed by atoms with Crippen LogP contribution in [-0.4, -0.2) is 17.8 Å². The van der Waals surface area contributed by atoms with E-state index in [0.717, 1.165) is 12.8 Å². The molecule has 1 fully saturated rings. The van der Waals surface area contributed by atoms with E-state index in [1.54, 1.807) is 0 Å². The van der Waals surface area contributed by atoms with Crippen molar-refractivity contribution in [2.75, 3.05) is 6.79 Å². The molecule has 0 unspecified atom stereocenters. The van der Waals surface area contributed by atoms with Gasteiger partial charge in [-0.05, 0) is 18.9 Å². The summed E-state index contributed by atoms with van der Waals surface area (Å²) in [5.41, 5.74) is -0.124. The van der Waals surface area contributed by atoms with Gasteiger partial charge in [-0.3, -0.25) is 10.1 Å². The molecular weight excluding hydrogens is 258 g/mol. The van der Waals surface area contributed by atoms with E-state index in [1.807, 2.05) is 0 Å². The molecule has 0 N–H and O–H groups in total. The zero-order valence-corrected chi connectivity index (χ0v) is 10.6. The third-order valence-corrected chi connectivity index (χ3v) is 3.25. The molecule has 0 bridgehead atoms. The molecule has 0 aliphatic heterocycles. The van der Waals surface area contributed by atoms with Crippen LogP contribution in [0.1, 0.15) is 25.7 Å². The molecule has 0 aromatic heterocycles. The molecule has 0 radical (unpaired) electrons. The Bertz CT molecular complexity index is 432. The van der Waals surface area contributed by atoms with Gasteiger partial charge in [0.05, 0.1) is 11.0 Å². The van der Waals surface area contributed by atoms with Crippen molar-refractivity contribution >= 4 is 17.3 Å². The van der Waals surface area contributed by atoms with Crippen LogP contribution < -0.4 is 4.74 Å². The molecule has 1 aromatic carbocycles. The molecule has 0 saturated heterocycles. The first-order valence-corrected chi connectivity index (χ1v) is 6.23. The quantitative estimate of drug-likeness (QED) is 0.467. The van der Waals surface area contributed by atoms with Gasteiger partial charge in [0.1, 0.15) is 10.8 Å². The van der Waals surface area contributed by atoms with Gasteiger partial charge < -0.3 is 9.47 Å². The summed E-state index contributed by atoms with van der Waals surface area (Å²) in [5.74, 6) is 0.476. The Kier molecular flexibility index (Phi) is 4.38. The van der Waals surface area contributed by atoms with Gasteiger partial charge in [0.2, 0.25) is 0 Å². The fourth-order valence-corrected chi connectivity index (χ4v) is 2.22. The lowest BCUT2D eigenvalue weighted by Crippen LogP contribution is -2.12. The second-order valence-electron chi connectivity index (χ2n) is 4.21. The monoisotopic (exact) mass is 271 g/mol. The van der Waals surface area contributed by atoms with Crippen LogP contribution >= 0.6 is 11.6 Å². The van der Waals surface area contributed by atoms with Crippen molar-refractivity contribution in [1.82, 2.24) is 0 Å². The maximum absolute atomic E-state index is 10.6. The van der Waals surface area contributed by atoms with Gasteiger partial charge in [0.15, 0.2) is 6.79 Å². The fraction of sp³-hybridized carbons (Fsp3) is 0.500. The maximum atomic E-state index is 10.6. The number of hydrogen-bond acceptors (Lipinski definition) is 4. The lowest BCUT2D eigenvalue weighted by Gasteiger charge is -2.12. The molecule has 6 heteroatoms. The number of halogens is 1. The number of hydrogen-bond donors (Lipinski definition) is 0. The van der Waals surface area contributed by atoms with Crippen LogP contribution in [0.5, 0.6) is 5.75 Å². The first-order valence-electron chi connectivity index (χ1n) is 5.85. The van der Waals surface area contributed by atoms with E-state index in [4.69, 9.17) is 21.1 Å². The van der Waals surface area contributed by atoms with Gasteiger partial charge in [0, 0.05) is 12.1 Å². The molecule has 18 heavy (non-hydrogen) atoms. The summed E-state index contributed by atoms with van der Waals surface area (Å²) in [6.07, 6.45) is 4.83.